The third-order valence-electron chi connectivity index (χ3n) is 3.47. The van der Waals surface area contributed by atoms with E-state index in [-0.39, 0.29) is 6.10 Å². The van der Waals surface area contributed by atoms with Gasteiger partial charge in [-0.15, -0.1) is 0 Å². The summed E-state index contributed by atoms with van der Waals surface area (Å²) in [5.74, 6) is 0.944. The lowest BCUT2D eigenvalue weighted by atomic mass is 9.88. The third-order valence-corrected chi connectivity index (χ3v) is 3.47. The molecule has 0 radical (unpaired) electrons. The number of rotatable bonds is 6. The smallest absolute Gasteiger partial charge is 0.120 e. The van der Waals surface area contributed by atoms with Crippen LogP contribution in [0.5, 0.6) is 5.75 Å². The summed E-state index contributed by atoms with van der Waals surface area (Å²) in [6, 6.07) is 8.66. The molecule has 106 valence electrons. The monoisotopic (exact) mass is 263 g/mol. The molecule has 1 heterocycles. The van der Waals surface area contributed by atoms with Crippen LogP contribution < -0.4 is 10.1 Å². The van der Waals surface area contributed by atoms with E-state index < -0.39 is 0 Å². The first-order chi connectivity index (χ1) is 8.98. The lowest BCUT2D eigenvalue weighted by molar-refractivity contribution is -0.0999. The zero-order valence-corrected chi connectivity index (χ0v) is 12.4. The van der Waals surface area contributed by atoms with Gasteiger partial charge in [-0.3, -0.25) is 0 Å². The van der Waals surface area contributed by atoms with Gasteiger partial charge in [-0.1, -0.05) is 19.1 Å². The summed E-state index contributed by atoms with van der Waals surface area (Å²) in [6.07, 6.45) is 0.213. The lowest BCUT2D eigenvalue weighted by Crippen LogP contribution is -2.47. The van der Waals surface area contributed by atoms with Crippen LogP contribution in [0.25, 0.3) is 0 Å². The Morgan fingerprint density at radius 1 is 1.32 bits per heavy atom. The van der Waals surface area contributed by atoms with Crippen LogP contribution in [0.3, 0.4) is 0 Å². The number of hydrogen-bond donors (Lipinski definition) is 1. The van der Waals surface area contributed by atoms with Gasteiger partial charge in [-0.2, -0.15) is 0 Å². The minimum atomic E-state index is 0.213. The SMILES string of the molecule is CC(C)Oc1cccc(C(C)NCC2(C)COC2)c1. The van der Waals surface area contributed by atoms with Crippen molar-refractivity contribution in [2.24, 2.45) is 5.41 Å². The van der Waals surface area contributed by atoms with E-state index in [0.29, 0.717) is 11.5 Å². The Balaban J connectivity index is 1.92. The summed E-state index contributed by atoms with van der Waals surface area (Å²) < 4.78 is 11.0. The maximum atomic E-state index is 5.73. The second kappa shape index (κ2) is 5.93. The molecule has 0 amide bonds. The second-order valence-corrected chi connectivity index (χ2v) is 6.15. The fourth-order valence-corrected chi connectivity index (χ4v) is 2.20. The molecule has 1 aromatic rings. The zero-order valence-electron chi connectivity index (χ0n) is 12.4. The van der Waals surface area contributed by atoms with Crippen LogP contribution in [0, 0.1) is 5.41 Å². The first-order valence-corrected chi connectivity index (χ1v) is 7.06. The van der Waals surface area contributed by atoms with Crippen molar-refractivity contribution in [1.82, 2.24) is 5.32 Å². The van der Waals surface area contributed by atoms with Gasteiger partial charge in [-0.05, 0) is 38.5 Å². The summed E-state index contributed by atoms with van der Waals surface area (Å²) in [5.41, 5.74) is 1.57. The van der Waals surface area contributed by atoms with Gasteiger partial charge in [0.2, 0.25) is 0 Å². The van der Waals surface area contributed by atoms with Gasteiger partial charge < -0.3 is 14.8 Å². The summed E-state index contributed by atoms with van der Waals surface area (Å²) in [7, 11) is 0. The third kappa shape index (κ3) is 3.95. The van der Waals surface area contributed by atoms with Crippen molar-refractivity contribution in [3.8, 4) is 5.75 Å². The second-order valence-electron chi connectivity index (χ2n) is 6.15. The van der Waals surface area contributed by atoms with E-state index in [1.54, 1.807) is 0 Å². The van der Waals surface area contributed by atoms with E-state index in [1.165, 1.54) is 5.56 Å². The molecule has 1 aromatic carbocycles. The van der Waals surface area contributed by atoms with Gasteiger partial charge in [0, 0.05) is 18.0 Å². The predicted octanol–water partition coefficient (Wildman–Crippen LogP) is 3.16. The van der Waals surface area contributed by atoms with Gasteiger partial charge in [0.25, 0.3) is 0 Å². The highest BCUT2D eigenvalue weighted by molar-refractivity contribution is 5.30. The molecule has 1 aliphatic heterocycles. The Bertz CT molecular complexity index is 413. The number of nitrogens with one attached hydrogen (secondary N) is 1. The summed E-state index contributed by atoms with van der Waals surface area (Å²) >= 11 is 0. The molecule has 1 unspecified atom stereocenters. The van der Waals surface area contributed by atoms with Crippen LogP contribution in [0.4, 0.5) is 0 Å². The van der Waals surface area contributed by atoms with Crippen LogP contribution in [-0.4, -0.2) is 25.9 Å². The Morgan fingerprint density at radius 3 is 2.63 bits per heavy atom. The van der Waals surface area contributed by atoms with Crippen LogP contribution in [0.2, 0.25) is 0 Å². The lowest BCUT2D eigenvalue weighted by Gasteiger charge is -2.39. The quantitative estimate of drug-likeness (QED) is 0.855. The van der Waals surface area contributed by atoms with Crippen LogP contribution in [0.1, 0.15) is 39.3 Å². The largest absolute Gasteiger partial charge is 0.491 e. The molecule has 3 nitrogen and oxygen atoms in total. The van der Waals surface area contributed by atoms with Crippen molar-refractivity contribution in [1.29, 1.82) is 0 Å². The Labute approximate surface area is 116 Å². The topological polar surface area (TPSA) is 30.5 Å². The zero-order chi connectivity index (χ0) is 13.9. The molecule has 1 atom stereocenters. The van der Waals surface area contributed by atoms with Gasteiger partial charge in [0.15, 0.2) is 0 Å². The molecule has 0 saturated carbocycles. The maximum Gasteiger partial charge on any atom is 0.120 e. The summed E-state index contributed by atoms with van der Waals surface area (Å²) in [5, 5.41) is 3.59. The van der Waals surface area contributed by atoms with Crippen molar-refractivity contribution in [2.45, 2.75) is 39.8 Å². The molecule has 1 fully saturated rings. The summed E-state index contributed by atoms with van der Waals surface area (Å²) in [6.45, 7) is 11.3. The van der Waals surface area contributed by atoms with Crippen molar-refractivity contribution < 1.29 is 9.47 Å². The molecule has 1 aliphatic rings. The molecule has 0 spiro atoms. The van der Waals surface area contributed by atoms with Crippen molar-refractivity contribution in [3.05, 3.63) is 29.8 Å². The van der Waals surface area contributed by atoms with Crippen LogP contribution >= 0.6 is 0 Å². The first-order valence-electron chi connectivity index (χ1n) is 7.06. The standard InChI is InChI=1S/C16H25NO2/c1-12(2)19-15-7-5-6-14(8-15)13(3)17-9-16(4)10-18-11-16/h5-8,12-13,17H,9-11H2,1-4H3. The maximum absolute atomic E-state index is 5.73. The van der Waals surface area contributed by atoms with Crippen molar-refractivity contribution in [2.75, 3.05) is 19.8 Å². The fraction of sp³-hybridized carbons (Fsp3) is 0.625. The highest BCUT2D eigenvalue weighted by Gasteiger charge is 2.33. The number of hydrogen-bond acceptors (Lipinski definition) is 3. The van der Waals surface area contributed by atoms with E-state index in [4.69, 9.17) is 9.47 Å². The predicted molar refractivity (Wildman–Crippen MR) is 77.5 cm³/mol. The minimum Gasteiger partial charge on any atom is -0.491 e. The molecule has 3 heteroatoms. The van der Waals surface area contributed by atoms with Gasteiger partial charge in [-0.25, -0.2) is 0 Å². The highest BCUT2D eigenvalue weighted by Crippen LogP contribution is 2.27. The van der Waals surface area contributed by atoms with E-state index in [0.717, 1.165) is 25.5 Å². The first kappa shape index (κ1) is 14.4. The highest BCUT2D eigenvalue weighted by atomic mass is 16.5. The molecular formula is C16H25NO2. The molecule has 0 bridgehead atoms. The van der Waals surface area contributed by atoms with Crippen molar-refractivity contribution >= 4 is 0 Å². The van der Waals surface area contributed by atoms with Gasteiger partial charge >= 0.3 is 0 Å². The average molecular weight is 263 g/mol. The fourth-order valence-electron chi connectivity index (χ4n) is 2.20. The molecular weight excluding hydrogens is 238 g/mol. The van der Waals surface area contributed by atoms with Crippen molar-refractivity contribution in [3.63, 3.8) is 0 Å². The van der Waals surface area contributed by atoms with E-state index >= 15 is 0 Å². The number of ether oxygens (including phenoxy) is 2. The van der Waals surface area contributed by atoms with Crippen LogP contribution in [-0.2, 0) is 4.74 Å². The molecule has 1 N–H and O–H groups in total. The minimum absolute atomic E-state index is 0.213. The Kier molecular flexibility index (Phi) is 4.48. The molecule has 1 saturated heterocycles. The summed E-state index contributed by atoms with van der Waals surface area (Å²) in [4.78, 5) is 0. The number of benzene rings is 1. The molecule has 0 aliphatic carbocycles. The van der Waals surface area contributed by atoms with Gasteiger partial charge in [0.1, 0.15) is 5.75 Å². The Morgan fingerprint density at radius 2 is 2.05 bits per heavy atom. The Hall–Kier alpha value is -1.06. The normalized spacial score (nSPS) is 19.0. The van der Waals surface area contributed by atoms with E-state index in [2.05, 4.69) is 37.4 Å². The molecule has 0 aromatic heterocycles. The average Bonchev–Trinajstić information content (AvgIpc) is 2.33. The van der Waals surface area contributed by atoms with Crippen LogP contribution in [0.15, 0.2) is 24.3 Å². The van der Waals surface area contributed by atoms with E-state index in [9.17, 15) is 0 Å². The van der Waals surface area contributed by atoms with E-state index in [1.807, 2.05) is 19.9 Å². The molecule has 2 rings (SSSR count). The van der Waals surface area contributed by atoms with Gasteiger partial charge in [0.05, 0.1) is 19.3 Å². The molecule has 19 heavy (non-hydrogen) atoms.